The molecule has 0 aromatic heterocycles. The first-order valence-electron chi connectivity index (χ1n) is 5.61. The van der Waals surface area contributed by atoms with E-state index in [1.807, 2.05) is 30.3 Å². The van der Waals surface area contributed by atoms with E-state index >= 15 is 0 Å². The van der Waals surface area contributed by atoms with Gasteiger partial charge < -0.3 is 9.47 Å². The van der Waals surface area contributed by atoms with Gasteiger partial charge in [0.1, 0.15) is 24.7 Å². The minimum absolute atomic E-state index is 0.465. The highest BCUT2D eigenvalue weighted by Crippen LogP contribution is 2.27. The number of rotatable bonds is 5. The molecule has 0 spiro atoms. The Labute approximate surface area is 133 Å². The molecule has 2 aromatic carbocycles. The summed E-state index contributed by atoms with van der Waals surface area (Å²) in [6.07, 6.45) is 0. The summed E-state index contributed by atoms with van der Waals surface area (Å²) in [4.78, 5) is 0. The molecule has 0 fully saturated rings. The SMILES string of the molecule is Clc1ccc(OCCOc2cccc(Br)c2)c(Br)c1. The Balaban J connectivity index is 1.81. The van der Waals surface area contributed by atoms with Crippen LogP contribution >= 0.6 is 43.5 Å². The van der Waals surface area contributed by atoms with Gasteiger partial charge in [-0.05, 0) is 52.3 Å². The van der Waals surface area contributed by atoms with Gasteiger partial charge in [0.2, 0.25) is 0 Å². The summed E-state index contributed by atoms with van der Waals surface area (Å²) in [7, 11) is 0. The molecular weight excluding hydrogens is 395 g/mol. The van der Waals surface area contributed by atoms with Crippen molar-refractivity contribution in [1.29, 1.82) is 0 Å². The Bertz CT molecular complexity index is 561. The third kappa shape index (κ3) is 4.71. The number of hydrogen-bond donors (Lipinski definition) is 0. The maximum Gasteiger partial charge on any atom is 0.133 e. The van der Waals surface area contributed by atoms with Crippen LogP contribution in [-0.2, 0) is 0 Å². The van der Waals surface area contributed by atoms with Crippen LogP contribution in [0, 0.1) is 0 Å². The van der Waals surface area contributed by atoms with Crippen LogP contribution < -0.4 is 9.47 Å². The fourth-order valence-electron chi connectivity index (χ4n) is 1.46. The van der Waals surface area contributed by atoms with Gasteiger partial charge in [0, 0.05) is 9.50 Å². The van der Waals surface area contributed by atoms with Crippen LogP contribution in [-0.4, -0.2) is 13.2 Å². The Kier molecular flexibility index (Phi) is 5.55. The van der Waals surface area contributed by atoms with Gasteiger partial charge in [0.05, 0.1) is 4.47 Å². The molecule has 2 aromatic rings. The molecule has 0 heterocycles. The highest BCUT2D eigenvalue weighted by Gasteiger charge is 2.02. The summed E-state index contributed by atoms with van der Waals surface area (Å²) in [5, 5.41) is 0.671. The normalized spacial score (nSPS) is 10.3. The van der Waals surface area contributed by atoms with Crippen LogP contribution in [0.4, 0.5) is 0 Å². The summed E-state index contributed by atoms with van der Waals surface area (Å²) in [6, 6.07) is 13.1. The molecule has 2 nitrogen and oxygen atoms in total. The lowest BCUT2D eigenvalue weighted by molar-refractivity contribution is 0.216. The van der Waals surface area contributed by atoms with Gasteiger partial charge in [0.25, 0.3) is 0 Å². The van der Waals surface area contributed by atoms with E-state index in [-0.39, 0.29) is 0 Å². The van der Waals surface area contributed by atoms with Crippen molar-refractivity contribution in [2.75, 3.05) is 13.2 Å². The predicted molar refractivity (Wildman–Crippen MR) is 84.3 cm³/mol. The van der Waals surface area contributed by atoms with Crippen LogP contribution in [0.1, 0.15) is 0 Å². The lowest BCUT2D eigenvalue weighted by Gasteiger charge is -2.10. The van der Waals surface area contributed by atoms with E-state index in [1.165, 1.54) is 0 Å². The van der Waals surface area contributed by atoms with Crippen molar-refractivity contribution in [2.45, 2.75) is 0 Å². The Hall–Kier alpha value is -0.710. The molecule has 0 bridgehead atoms. The quantitative estimate of drug-likeness (QED) is 0.626. The highest BCUT2D eigenvalue weighted by molar-refractivity contribution is 9.10. The Morgan fingerprint density at radius 1 is 0.947 bits per heavy atom. The van der Waals surface area contributed by atoms with Gasteiger partial charge in [0.15, 0.2) is 0 Å². The largest absolute Gasteiger partial charge is 0.490 e. The molecule has 0 radical (unpaired) electrons. The highest BCUT2D eigenvalue weighted by atomic mass is 79.9. The monoisotopic (exact) mass is 404 g/mol. The van der Waals surface area contributed by atoms with Crippen LogP contribution in [0.25, 0.3) is 0 Å². The standard InChI is InChI=1S/C14H11Br2ClO2/c15-10-2-1-3-12(8-10)18-6-7-19-14-5-4-11(17)9-13(14)16/h1-5,8-9H,6-7H2. The molecule has 0 aliphatic carbocycles. The molecule has 100 valence electrons. The van der Waals surface area contributed by atoms with Crippen molar-refractivity contribution in [3.05, 3.63) is 56.4 Å². The first-order valence-corrected chi connectivity index (χ1v) is 7.58. The van der Waals surface area contributed by atoms with Crippen molar-refractivity contribution >= 4 is 43.5 Å². The first-order chi connectivity index (χ1) is 9.15. The van der Waals surface area contributed by atoms with E-state index in [9.17, 15) is 0 Å². The van der Waals surface area contributed by atoms with E-state index in [0.717, 1.165) is 20.4 Å². The maximum atomic E-state index is 5.86. The van der Waals surface area contributed by atoms with Gasteiger partial charge in [-0.3, -0.25) is 0 Å². The summed E-state index contributed by atoms with van der Waals surface area (Å²) >= 11 is 12.6. The zero-order chi connectivity index (χ0) is 13.7. The second kappa shape index (κ2) is 7.17. The average molecular weight is 407 g/mol. The third-order valence-corrected chi connectivity index (χ3v) is 3.65. The molecule has 0 aliphatic heterocycles. The van der Waals surface area contributed by atoms with Crippen molar-refractivity contribution in [3.8, 4) is 11.5 Å². The summed E-state index contributed by atoms with van der Waals surface area (Å²) in [5.41, 5.74) is 0. The van der Waals surface area contributed by atoms with Crippen molar-refractivity contribution < 1.29 is 9.47 Å². The molecule has 0 saturated carbocycles. The zero-order valence-corrected chi connectivity index (χ0v) is 13.8. The van der Waals surface area contributed by atoms with E-state index in [1.54, 1.807) is 12.1 Å². The van der Waals surface area contributed by atoms with Crippen molar-refractivity contribution in [3.63, 3.8) is 0 Å². The van der Waals surface area contributed by atoms with E-state index in [4.69, 9.17) is 21.1 Å². The number of benzene rings is 2. The molecule has 0 N–H and O–H groups in total. The lowest BCUT2D eigenvalue weighted by atomic mass is 10.3. The molecular formula is C14H11Br2ClO2. The fraction of sp³-hybridized carbons (Fsp3) is 0.143. The predicted octanol–water partition coefficient (Wildman–Crippen LogP) is 5.32. The average Bonchev–Trinajstić information content (AvgIpc) is 2.37. The van der Waals surface area contributed by atoms with Gasteiger partial charge in [-0.1, -0.05) is 33.6 Å². The van der Waals surface area contributed by atoms with Gasteiger partial charge in [-0.2, -0.15) is 0 Å². The number of ether oxygens (including phenoxy) is 2. The Morgan fingerprint density at radius 2 is 1.74 bits per heavy atom. The van der Waals surface area contributed by atoms with E-state index < -0.39 is 0 Å². The van der Waals surface area contributed by atoms with E-state index in [2.05, 4.69) is 31.9 Å². The molecule has 5 heteroatoms. The van der Waals surface area contributed by atoms with Crippen LogP contribution in [0.15, 0.2) is 51.4 Å². The third-order valence-electron chi connectivity index (χ3n) is 2.30. The van der Waals surface area contributed by atoms with Gasteiger partial charge in [-0.15, -0.1) is 0 Å². The molecule has 0 atom stereocenters. The summed E-state index contributed by atoms with van der Waals surface area (Å²) in [6.45, 7) is 0.943. The zero-order valence-electron chi connectivity index (χ0n) is 9.91. The summed E-state index contributed by atoms with van der Waals surface area (Å²) in [5.74, 6) is 1.57. The van der Waals surface area contributed by atoms with E-state index in [0.29, 0.717) is 18.2 Å². The van der Waals surface area contributed by atoms with Crippen molar-refractivity contribution in [1.82, 2.24) is 0 Å². The second-order valence-electron chi connectivity index (χ2n) is 3.73. The lowest BCUT2D eigenvalue weighted by Crippen LogP contribution is -2.09. The topological polar surface area (TPSA) is 18.5 Å². The first kappa shape index (κ1) is 14.7. The van der Waals surface area contributed by atoms with Crippen LogP contribution in [0.5, 0.6) is 11.5 Å². The van der Waals surface area contributed by atoms with Crippen LogP contribution in [0.3, 0.4) is 0 Å². The second-order valence-corrected chi connectivity index (χ2v) is 5.94. The smallest absolute Gasteiger partial charge is 0.133 e. The molecule has 0 aliphatic rings. The van der Waals surface area contributed by atoms with Crippen LogP contribution in [0.2, 0.25) is 5.02 Å². The summed E-state index contributed by atoms with van der Waals surface area (Å²) < 4.78 is 13.0. The van der Waals surface area contributed by atoms with Crippen molar-refractivity contribution in [2.24, 2.45) is 0 Å². The Morgan fingerprint density at radius 3 is 2.47 bits per heavy atom. The molecule has 2 rings (SSSR count). The maximum absolute atomic E-state index is 5.86. The molecule has 0 amide bonds. The fourth-order valence-corrected chi connectivity index (χ4v) is 2.64. The number of halogens is 3. The molecule has 0 unspecified atom stereocenters. The van der Waals surface area contributed by atoms with Gasteiger partial charge >= 0.3 is 0 Å². The molecule has 19 heavy (non-hydrogen) atoms. The minimum Gasteiger partial charge on any atom is -0.490 e. The minimum atomic E-state index is 0.465. The number of hydrogen-bond acceptors (Lipinski definition) is 2. The van der Waals surface area contributed by atoms with Gasteiger partial charge in [-0.25, -0.2) is 0 Å². The molecule has 0 saturated heterocycles.